The third-order valence-corrected chi connectivity index (χ3v) is 2.86. The van der Waals surface area contributed by atoms with Crippen molar-refractivity contribution in [3.63, 3.8) is 0 Å². The Morgan fingerprint density at radius 3 is 1.70 bits per heavy atom. The molecule has 0 saturated heterocycles. The van der Waals surface area contributed by atoms with Gasteiger partial charge in [0.05, 0.1) is 0 Å². The lowest BCUT2D eigenvalue weighted by Gasteiger charge is -1.98. The number of carboxylic acid groups (broad SMARTS) is 1. The largest absolute Gasteiger partial charge is 0.508 e. The number of phenolic OH excluding ortho intramolecular Hbond substituents is 2. The van der Waals surface area contributed by atoms with E-state index in [1.807, 2.05) is 0 Å². The number of aliphatic carboxylic acids is 1. The Morgan fingerprint density at radius 1 is 0.783 bits per heavy atom. The average Bonchev–Trinajstić information content (AvgIpc) is 2.51. The number of aryl methyl sites for hydroxylation is 1. The van der Waals surface area contributed by atoms with Gasteiger partial charge in [-0.05, 0) is 47.5 Å². The number of carbonyl (C=O) groups is 1. The quantitative estimate of drug-likeness (QED) is 0.540. The standard InChI is InChI=1S/C11H10.C6H6O2.C2H4O2/c1-9-5-4-7-10-6-2-3-8-11(9)10;7-5-1-2-6(8)4-3-5;1-2(3)4/h2-8H,1H3;1-4,7-8H;1H3,(H,3,4). The van der Waals surface area contributed by atoms with E-state index in [2.05, 4.69) is 49.4 Å². The Hall–Kier alpha value is -3.01. The van der Waals surface area contributed by atoms with E-state index in [0.717, 1.165) is 6.92 Å². The molecule has 0 heterocycles. The van der Waals surface area contributed by atoms with Crippen LogP contribution in [-0.2, 0) is 4.79 Å². The van der Waals surface area contributed by atoms with Gasteiger partial charge in [0.25, 0.3) is 5.97 Å². The second kappa shape index (κ2) is 9.10. The van der Waals surface area contributed by atoms with Crippen LogP contribution in [0.4, 0.5) is 0 Å². The van der Waals surface area contributed by atoms with Crippen LogP contribution in [0, 0.1) is 6.92 Å². The highest BCUT2D eigenvalue weighted by Crippen LogP contribution is 2.16. The fourth-order valence-electron chi connectivity index (χ4n) is 1.84. The van der Waals surface area contributed by atoms with E-state index in [-0.39, 0.29) is 11.5 Å². The van der Waals surface area contributed by atoms with E-state index in [0.29, 0.717) is 0 Å². The van der Waals surface area contributed by atoms with Crippen molar-refractivity contribution in [2.24, 2.45) is 0 Å². The maximum Gasteiger partial charge on any atom is 0.300 e. The van der Waals surface area contributed by atoms with Crippen molar-refractivity contribution < 1.29 is 20.1 Å². The highest BCUT2D eigenvalue weighted by Gasteiger charge is 1.92. The van der Waals surface area contributed by atoms with Crippen molar-refractivity contribution >= 4 is 16.7 Å². The molecule has 0 aliphatic carbocycles. The molecule has 0 fully saturated rings. The summed E-state index contributed by atoms with van der Waals surface area (Å²) in [5.74, 6) is -0.495. The summed E-state index contributed by atoms with van der Waals surface area (Å²) < 4.78 is 0. The first-order chi connectivity index (χ1) is 10.9. The number of phenols is 2. The van der Waals surface area contributed by atoms with Crippen LogP contribution in [0.25, 0.3) is 10.8 Å². The molecule has 0 amide bonds. The van der Waals surface area contributed by atoms with Crippen molar-refractivity contribution in [2.45, 2.75) is 13.8 Å². The number of benzene rings is 3. The van der Waals surface area contributed by atoms with E-state index < -0.39 is 5.97 Å². The van der Waals surface area contributed by atoms with Crippen LogP contribution >= 0.6 is 0 Å². The molecule has 3 N–H and O–H groups in total. The second-order valence-electron chi connectivity index (χ2n) is 4.83. The zero-order chi connectivity index (χ0) is 17.2. The lowest BCUT2D eigenvalue weighted by molar-refractivity contribution is -0.134. The zero-order valence-corrected chi connectivity index (χ0v) is 13.1. The van der Waals surface area contributed by atoms with Gasteiger partial charge in [-0.3, -0.25) is 4.79 Å². The molecule has 4 nitrogen and oxygen atoms in total. The van der Waals surface area contributed by atoms with Crippen LogP contribution in [0.1, 0.15) is 12.5 Å². The minimum atomic E-state index is -0.833. The molecule has 3 aromatic rings. The van der Waals surface area contributed by atoms with Gasteiger partial charge >= 0.3 is 0 Å². The number of fused-ring (bicyclic) bond motifs is 1. The molecular formula is C19H20O4. The first-order valence-electron chi connectivity index (χ1n) is 7.02. The Kier molecular flexibility index (Phi) is 7.14. The Morgan fingerprint density at radius 2 is 1.22 bits per heavy atom. The van der Waals surface area contributed by atoms with Gasteiger partial charge in [0, 0.05) is 6.92 Å². The van der Waals surface area contributed by atoms with Gasteiger partial charge in [0.1, 0.15) is 11.5 Å². The summed E-state index contributed by atoms with van der Waals surface area (Å²) >= 11 is 0. The maximum atomic E-state index is 9.00. The molecule has 0 aliphatic heterocycles. The number of carboxylic acids is 1. The minimum Gasteiger partial charge on any atom is -0.508 e. The SMILES string of the molecule is CC(=O)O.Cc1cccc2ccccc12.Oc1ccc(O)cc1. The van der Waals surface area contributed by atoms with Crippen molar-refractivity contribution in [1.82, 2.24) is 0 Å². The first kappa shape index (κ1) is 18.0. The Bertz CT molecular complexity index is 718. The van der Waals surface area contributed by atoms with Crippen molar-refractivity contribution in [1.29, 1.82) is 0 Å². The Labute approximate surface area is 135 Å². The predicted octanol–water partition coefficient (Wildman–Crippen LogP) is 4.34. The molecule has 23 heavy (non-hydrogen) atoms. The Balaban J connectivity index is 0.000000194. The molecule has 4 heteroatoms. The highest BCUT2D eigenvalue weighted by atomic mass is 16.4. The first-order valence-corrected chi connectivity index (χ1v) is 7.02. The monoisotopic (exact) mass is 312 g/mol. The van der Waals surface area contributed by atoms with Crippen LogP contribution in [0.5, 0.6) is 11.5 Å². The summed E-state index contributed by atoms with van der Waals surface area (Å²) in [7, 11) is 0. The molecule has 0 radical (unpaired) electrons. The van der Waals surface area contributed by atoms with E-state index in [9.17, 15) is 0 Å². The van der Waals surface area contributed by atoms with E-state index in [4.69, 9.17) is 20.1 Å². The predicted molar refractivity (Wildman–Crippen MR) is 91.8 cm³/mol. The highest BCUT2D eigenvalue weighted by molar-refractivity contribution is 5.85. The second-order valence-corrected chi connectivity index (χ2v) is 4.83. The van der Waals surface area contributed by atoms with Gasteiger partial charge < -0.3 is 15.3 Å². The van der Waals surface area contributed by atoms with Gasteiger partial charge in [-0.1, -0.05) is 42.5 Å². The third kappa shape index (κ3) is 7.00. The molecule has 3 aromatic carbocycles. The van der Waals surface area contributed by atoms with Crippen LogP contribution in [0.2, 0.25) is 0 Å². The summed E-state index contributed by atoms with van der Waals surface area (Å²) in [6.45, 7) is 3.22. The number of aromatic hydroxyl groups is 2. The lowest BCUT2D eigenvalue weighted by Crippen LogP contribution is -1.78. The van der Waals surface area contributed by atoms with E-state index in [1.54, 1.807) is 0 Å². The van der Waals surface area contributed by atoms with Crippen molar-refractivity contribution in [2.75, 3.05) is 0 Å². The fourth-order valence-corrected chi connectivity index (χ4v) is 1.84. The molecule has 0 bridgehead atoms. The molecule has 3 rings (SSSR count). The number of hydrogen-bond acceptors (Lipinski definition) is 3. The fraction of sp³-hybridized carbons (Fsp3) is 0.105. The smallest absolute Gasteiger partial charge is 0.300 e. The molecule has 0 saturated carbocycles. The van der Waals surface area contributed by atoms with E-state index >= 15 is 0 Å². The zero-order valence-electron chi connectivity index (χ0n) is 13.1. The normalized spacial score (nSPS) is 9.13. The van der Waals surface area contributed by atoms with Gasteiger partial charge in [0.15, 0.2) is 0 Å². The minimum absolute atomic E-state index is 0.169. The molecule has 0 aliphatic rings. The third-order valence-electron chi connectivity index (χ3n) is 2.86. The van der Waals surface area contributed by atoms with Crippen LogP contribution < -0.4 is 0 Å². The summed E-state index contributed by atoms with van der Waals surface area (Å²) in [5, 5.41) is 27.4. The van der Waals surface area contributed by atoms with Crippen LogP contribution in [0.15, 0.2) is 66.7 Å². The van der Waals surface area contributed by atoms with Gasteiger partial charge in [-0.2, -0.15) is 0 Å². The van der Waals surface area contributed by atoms with Crippen molar-refractivity contribution in [3.8, 4) is 11.5 Å². The molecule has 0 atom stereocenters. The number of hydrogen-bond donors (Lipinski definition) is 3. The van der Waals surface area contributed by atoms with Crippen LogP contribution in [-0.4, -0.2) is 21.3 Å². The lowest BCUT2D eigenvalue weighted by atomic mass is 10.1. The number of rotatable bonds is 0. The molecule has 0 unspecified atom stereocenters. The molecule has 120 valence electrons. The summed E-state index contributed by atoms with van der Waals surface area (Å²) in [6.07, 6.45) is 0. The molecular weight excluding hydrogens is 292 g/mol. The van der Waals surface area contributed by atoms with Crippen LogP contribution in [0.3, 0.4) is 0 Å². The summed E-state index contributed by atoms with van der Waals surface area (Å²) in [6, 6.07) is 20.5. The van der Waals surface area contributed by atoms with Gasteiger partial charge in [-0.15, -0.1) is 0 Å². The topological polar surface area (TPSA) is 77.8 Å². The summed E-state index contributed by atoms with van der Waals surface area (Å²) in [4.78, 5) is 9.00. The maximum absolute atomic E-state index is 9.00. The molecule has 0 spiro atoms. The summed E-state index contributed by atoms with van der Waals surface area (Å²) in [5.41, 5.74) is 1.35. The van der Waals surface area contributed by atoms with Gasteiger partial charge in [-0.25, -0.2) is 0 Å². The molecule has 0 aromatic heterocycles. The van der Waals surface area contributed by atoms with E-state index in [1.165, 1.54) is 40.6 Å². The van der Waals surface area contributed by atoms with Crippen molar-refractivity contribution in [3.05, 3.63) is 72.3 Å². The van der Waals surface area contributed by atoms with Gasteiger partial charge in [0.2, 0.25) is 0 Å². The average molecular weight is 312 g/mol.